The van der Waals surface area contributed by atoms with Gasteiger partial charge in [-0.2, -0.15) is 0 Å². The molecule has 1 aromatic heterocycles. The van der Waals surface area contributed by atoms with Gasteiger partial charge in [-0.15, -0.1) is 0 Å². The fraction of sp³-hybridized carbons (Fsp3) is 0.0500. The van der Waals surface area contributed by atoms with Crippen molar-refractivity contribution in [3.63, 3.8) is 0 Å². The number of esters is 1. The van der Waals surface area contributed by atoms with Crippen LogP contribution in [0, 0.1) is 11.8 Å². The standard InChI is InChI=1S/C20H15NO2/c1-23-20(22)17-14-19(16-10-6-3-7-11-16)21-18(17)13-12-15-8-4-2-5-9-15/h2-11,14,21H,1H3. The molecule has 0 amide bonds. The van der Waals surface area contributed by atoms with Crippen molar-refractivity contribution < 1.29 is 9.53 Å². The predicted molar refractivity (Wildman–Crippen MR) is 90.0 cm³/mol. The van der Waals surface area contributed by atoms with Gasteiger partial charge in [0.2, 0.25) is 0 Å². The summed E-state index contributed by atoms with van der Waals surface area (Å²) < 4.78 is 4.85. The van der Waals surface area contributed by atoms with Crippen LogP contribution in [0.4, 0.5) is 0 Å². The zero-order chi connectivity index (χ0) is 16.1. The number of ether oxygens (including phenoxy) is 1. The Morgan fingerprint density at radius 1 is 0.957 bits per heavy atom. The fourth-order valence-corrected chi connectivity index (χ4v) is 2.25. The Hall–Kier alpha value is -3.25. The molecule has 0 saturated carbocycles. The van der Waals surface area contributed by atoms with Crippen molar-refractivity contribution >= 4 is 5.97 Å². The molecule has 3 nitrogen and oxygen atoms in total. The first-order chi connectivity index (χ1) is 11.3. The van der Waals surface area contributed by atoms with Gasteiger partial charge in [0.1, 0.15) is 5.69 Å². The minimum Gasteiger partial charge on any atom is -0.465 e. The number of hydrogen-bond acceptors (Lipinski definition) is 2. The van der Waals surface area contributed by atoms with Gasteiger partial charge in [-0.1, -0.05) is 54.5 Å². The highest BCUT2D eigenvalue weighted by molar-refractivity contribution is 5.93. The maximum absolute atomic E-state index is 12.0. The third-order valence-corrected chi connectivity index (χ3v) is 3.41. The lowest BCUT2D eigenvalue weighted by atomic mass is 10.1. The van der Waals surface area contributed by atoms with Crippen LogP contribution in [-0.4, -0.2) is 18.1 Å². The number of rotatable bonds is 2. The number of carbonyl (C=O) groups excluding carboxylic acids is 1. The van der Waals surface area contributed by atoms with E-state index in [1.165, 1.54) is 7.11 Å². The quantitative estimate of drug-likeness (QED) is 0.577. The van der Waals surface area contributed by atoms with Gasteiger partial charge in [0.15, 0.2) is 0 Å². The number of methoxy groups -OCH3 is 1. The van der Waals surface area contributed by atoms with E-state index < -0.39 is 5.97 Å². The third-order valence-electron chi connectivity index (χ3n) is 3.41. The minimum absolute atomic E-state index is 0.402. The van der Waals surface area contributed by atoms with E-state index in [1.807, 2.05) is 60.7 Å². The molecule has 0 aliphatic carbocycles. The summed E-state index contributed by atoms with van der Waals surface area (Å²) in [6.07, 6.45) is 0. The molecule has 112 valence electrons. The van der Waals surface area contributed by atoms with Crippen LogP contribution in [0.5, 0.6) is 0 Å². The van der Waals surface area contributed by atoms with Crippen LogP contribution >= 0.6 is 0 Å². The van der Waals surface area contributed by atoms with Crippen LogP contribution in [-0.2, 0) is 4.74 Å². The molecule has 0 aliphatic heterocycles. The molecule has 0 unspecified atom stereocenters. The van der Waals surface area contributed by atoms with Gasteiger partial charge in [-0.3, -0.25) is 0 Å². The highest BCUT2D eigenvalue weighted by Crippen LogP contribution is 2.22. The van der Waals surface area contributed by atoms with Gasteiger partial charge in [-0.05, 0) is 29.7 Å². The van der Waals surface area contributed by atoms with Gasteiger partial charge in [0.25, 0.3) is 0 Å². The number of benzene rings is 2. The highest BCUT2D eigenvalue weighted by Gasteiger charge is 2.15. The summed E-state index contributed by atoms with van der Waals surface area (Å²) in [6.45, 7) is 0. The topological polar surface area (TPSA) is 42.1 Å². The second-order valence-electron chi connectivity index (χ2n) is 4.95. The zero-order valence-corrected chi connectivity index (χ0v) is 12.7. The molecule has 0 radical (unpaired) electrons. The molecular weight excluding hydrogens is 286 g/mol. The van der Waals surface area contributed by atoms with Crippen molar-refractivity contribution in [1.29, 1.82) is 0 Å². The van der Waals surface area contributed by atoms with Crippen LogP contribution in [0.3, 0.4) is 0 Å². The molecule has 3 heteroatoms. The van der Waals surface area contributed by atoms with Gasteiger partial charge in [0, 0.05) is 11.3 Å². The Morgan fingerprint density at radius 2 is 1.61 bits per heavy atom. The maximum atomic E-state index is 12.0. The summed E-state index contributed by atoms with van der Waals surface area (Å²) >= 11 is 0. The summed E-state index contributed by atoms with van der Waals surface area (Å²) in [5, 5.41) is 0. The van der Waals surface area contributed by atoms with E-state index in [4.69, 9.17) is 4.74 Å². The maximum Gasteiger partial charge on any atom is 0.340 e. The summed E-state index contributed by atoms with van der Waals surface area (Å²) in [5.41, 5.74) is 3.71. The van der Waals surface area contributed by atoms with Crippen LogP contribution in [0.15, 0.2) is 66.7 Å². The Bertz CT molecular complexity index is 868. The van der Waals surface area contributed by atoms with Crippen molar-refractivity contribution in [1.82, 2.24) is 4.98 Å². The fourth-order valence-electron chi connectivity index (χ4n) is 2.25. The lowest BCUT2D eigenvalue weighted by Gasteiger charge is -1.95. The summed E-state index contributed by atoms with van der Waals surface area (Å²) in [5.74, 6) is 5.68. The Balaban J connectivity index is 2.03. The average Bonchev–Trinajstić information content (AvgIpc) is 3.05. The number of hydrogen-bond donors (Lipinski definition) is 1. The molecule has 0 bridgehead atoms. The molecule has 1 N–H and O–H groups in total. The van der Waals surface area contributed by atoms with E-state index in [2.05, 4.69) is 16.8 Å². The second kappa shape index (κ2) is 6.67. The monoisotopic (exact) mass is 301 g/mol. The van der Waals surface area contributed by atoms with Crippen LogP contribution in [0.1, 0.15) is 21.6 Å². The first-order valence-electron chi connectivity index (χ1n) is 7.22. The average molecular weight is 301 g/mol. The predicted octanol–water partition coefficient (Wildman–Crippen LogP) is 3.87. The first kappa shape index (κ1) is 14.7. The lowest BCUT2D eigenvalue weighted by Crippen LogP contribution is -2.01. The van der Waals surface area contributed by atoms with Gasteiger partial charge in [-0.25, -0.2) is 4.79 Å². The third kappa shape index (κ3) is 3.33. The lowest BCUT2D eigenvalue weighted by molar-refractivity contribution is 0.0600. The molecule has 2 aromatic carbocycles. The van der Waals surface area contributed by atoms with Gasteiger partial charge >= 0.3 is 5.97 Å². The van der Waals surface area contributed by atoms with E-state index in [0.29, 0.717) is 11.3 Å². The van der Waals surface area contributed by atoms with Crippen LogP contribution in [0.25, 0.3) is 11.3 Å². The van der Waals surface area contributed by atoms with Crippen molar-refractivity contribution in [2.75, 3.05) is 7.11 Å². The Morgan fingerprint density at radius 3 is 2.26 bits per heavy atom. The molecule has 0 aliphatic rings. The van der Waals surface area contributed by atoms with Crippen molar-refractivity contribution in [3.8, 4) is 23.1 Å². The molecule has 0 spiro atoms. The van der Waals surface area contributed by atoms with Crippen LogP contribution < -0.4 is 0 Å². The smallest absolute Gasteiger partial charge is 0.340 e. The van der Waals surface area contributed by atoms with Crippen molar-refractivity contribution in [2.24, 2.45) is 0 Å². The second-order valence-corrected chi connectivity index (χ2v) is 4.95. The molecule has 23 heavy (non-hydrogen) atoms. The Labute approximate surface area is 134 Å². The normalized spacial score (nSPS) is 9.78. The Kier molecular flexibility index (Phi) is 4.26. The summed E-state index contributed by atoms with van der Waals surface area (Å²) in [6, 6.07) is 21.2. The number of aromatic nitrogens is 1. The van der Waals surface area contributed by atoms with Gasteiger partial charge < -0.3 is 9.72 Å². The number of nitrogens with one attached hydrogen (secondary N) is 1. The number of carbonyl (C=O) groups is 1. The molecule has 1 heterocycles. The van der Waals surface area contributed by atoms with Crippen LogP contribution in [0.2, 0.25) is 0 Å². The van der Waals surface area contributed by atoms with E-state index >= 15 is 0 Å². The van der Waals surface area contributed by atoms with E-state index in [9.17, 15) is 4.79 Å². The highest BCUT2D eigenvalue weighted by atomic mass is 16.5. The zero-order valence-electron chi connectivity index (χ0n) is 12.7. The van der Waals surface area contributed by atoms with Gasteiger partial charge in [0.05, 0.1) is 12.7 Å². The van der Waals surface area contributed by atoms with E-state index in [-0.39, 0.29) is 0 Å². The van der Waals surface area contributed by atoms with Crippen molar-refractivity contribution in [3.05, 3.63) is 83.6 Å². The van der Waals surface area contributed by atoms with E-state index in [1.54, 1.807) is 6.07 Å². The first-order valence-corrected chi connectivity index (χ1v) is 7.22. The SMILES string of the molecule is COC(=O)c1cc(-c2ccccc2)[nH]c1C#Cc1ccccc1. The molecule has 3 aromatic rings. The molecule has 0 saturated heterocycles. The molecule has 0 fully saturated rings. The summed E-state index contributed by atoms with van der Waals surface area (Å²) in [4.78, 5) is 15.2. The molecule has 3 rings (SSSR count). The minimum atomic E-state index is -0.402. The number of aromatic amines is 1. The molecular formula is C20H15NO2. The van der Waals surface area contributed by atoms with E-state index in [0.717, 1.165) is 16.8 Å². The van der Waals surface area contributed by atoms with Crippen molar-refractivity contribution in [2.45, 2.75) is 0 Å². The summed E-state index contributed by atoms with van der Waals surface area (Å²) in [7, 11) is 1.37. The molecule has 0 atom stereocenters. The number of H-pyrrole nitrogens is 1. The largest absolute Gasteiger partial charge is 0.465 e.